The predicted molar refractivity (Wildman–Crippen MR) is 104 cm³/mol. The molecule has 0 aliphatic rings. The van der Waals surface area contributed by atoms with Crippen LogP contribution in [0.3, 0.4) is 0 Å². The number of aryl methyl sites for hydroxylation is 1. The van der Waals surface area contributed by atoms with Crippen LogP contribution in [0.5, 0.6) is 5.75 Å². The van der Waals surface area contributed by atoms with Gasteiger partial charge in [0.05, 0.1) is 11.8 Å². The molecule has 0 spiro atoms. The van der Waals surface area contributed by atoms with Crippen molar-refractivity contribution in [2.75, 3.05) is 12.1 Å². The van der Waals surface area contributed by atoms with Crippen LogP contribution in [0, 0.1) is 6.92 Å². The number of phenolic OH excluding ortho intramolecular Hbond substituents is 1. The highest BCUT2D eigenvalue weighted by Crippen LogP contribution is 2.27. The average Bonchev–Trinajstić information content (AvgIpc) is 2.61. The zero-order valence-corrected chi connectivity index (χ0v) is 15.5. The first kappa shape index (κ1) is 17.1. The third-order valence-corrected chi connectivity index (χ3v) is 4.10. The number of hydrogen-bond acceptors (Lipinski definition) is 5. The molecule has 0 radical (unpaired) electrons. The number of anilines is 1. The largest absolute Gasteiger partial charge is 0.507 e. The van der Waals surface area contributed by atoms with Crippen LogP contribution in [-0.2, 0) is 0 Å². The molecule has 0 fully saturated rings. The molecule has 0 aliphatic carbocycles. The molecule has 25 heavy (non-hydrogen) atoms. The fourth-order valence-electron chi connectivity index (χ4n) is 2.26. The Balaban J connectivity index is 1.89. The number of phenols is 1. The standard InChI is InChI=1S/C19H17BrN4O/c1-13-11-18(23-19(22-13)16-5-3-4-6-17(16)25)24(2)21-12-14-7-9-15(20)10-8-14/h3-12,25H,1-2H3/b21-12-. The van der Waals surface area contributed by atoms with Gasteiger partial charge >= 0.3 is 0 Å². The smallest absolute Gasteiger partial charge is 0.165 e. The minimum Gasteiger partial charge on any atom is -0.507 e. The van der Waals surface area contributed by atoms with E-state index in [4.69, 9.17) is 0 Å². The van der Waals surface area contributed by atoms with Crippen molar-refractivity contribution in [3.63, 3.8) is 0 Å². The maximum Gasteiger partial charge on any atom is 0.165 e. The summed E-state index contributed by atoms with van der Waals surface area (Å²) in [5.41, 5.74) is 2.38. The Morgan fingerprint density at radius 2 is 1.80 bits per heavy atom. The summed E-state index contributed by atoms with van der Waals surface area (Å²) in [7, 11) is 1.83. The van der Waals surface area contributed by atoms with E-state index >= 15 is 0 Å². The molecule has 0 saturated carbocycles. The van der Waals surface area contributed by atoms with Crippen LogP contribution in [0.25, 0.3) is 11.4 Å². The number of aromatic hydroxyl groups is 1. The SMILES string of the molecule is Cc1cc(N(C)/N=C\c2ccc(Br)cc2)nc(-c2ccccc2O)n1. The van der Waals surface area contributed by atoms with Crippen LogP contribution >= 0.6 is 15.9 Å². The second-order valence-electron chi connectivity index (χ2n) is 5.53. The molecule has 0 unspecified atom stereocenters. The Hall–Kier alpha value is -2.73. The minimum absolute atomic E-state index is 0.153. The Morgan fingerprint density at radius 3 is 2.52 bits per heavy atom. The number of nitrogens with zero attached hydrogens (tertiary/aromatic N) is 4. The van der Waals surface area contributed by atoms with E-state index in [0.717, 1.165) is 15.7 Å². The molecule has 0 bridgehead atoms. The molecule has 6 heteroatoms. The Bertz CT molecular complexity index is 910. The van der Waals surface area contributed by atoms with E-state index < -0.39 is 0 Å². The highest BCUT2D eigenvalue weighted by atomic mass is 79.9. The zero-order valence-electron chi connectivity index (χ0n) is 13.9. The number of aromatic nitrogens is 2. The molecule has 0 saturated heterocycles. The van der Waals surface area contributed by atoms with Crippen molar-refractivity contribution in [3.8, 4) is 17.1 Å². The van der Waals surface area contributed by atoms with Crippen LogP contribution in [0.4, 0.5) is 5.82 Å². The summed E-state index contributed by atoms with van der Waals surface area (Å²) in [5, 5.41) is 16.1. The summed E-state index contributed by atoms with van der Waals surface area (Å²) in [5.74, 6) is 1.28. The Morgan fingerprint density at radius 1 is 1.08 bits per heavy atom. The topological polar surface area (TPSA) is 61.6 Å². The number of rotatable bonds is 4. The van der Waals surface area contributed by atoms with Gasteiger partial charge in [0, 0.05) is 23.3 Å². The molecule has 0 aliphatic heterocycles. The lowest BCUT2D eigenvalue weighted by Gasteiger charge is -2.14. The monoisotopic (exact) mass is 396 g/mol. The van der Waals surface area contributed by atoms with Gasteiger partial charge in [0.1, 0.15) is 5.75 Å². The molecule has 1 aromatic heterocycles. The van der Waals surface area contributed by atoms with Gasteiger partial charge in [0.2, 0.25) is 0 Å². The highest BCUT2D eigenvalue weighted by Gasteiger charge is 2.10. The normalized spacial score (nSPS) is 11.0. The first-order valence-corrected chi connectivity index (χ1v) is 8.49. The predicted octanol–water partition coefficient (Wildman–Crippen LogP) is 4.39. The third-order valence-electron chi connectivity index (χ3n) is 3.57. The number of hydrazone groups is 1. The van der Waals surface area contributed by atoms with E-state index in [9.17, 15) is 5.11 Å². The van der Waals surface area contributed by atoms with Gasteiger partial charge in [-0.2, -0.15) is 5.10 Å². The quantitative estimate of drug-likeness (QED) is 0.524. The summed E-state index contributed by atoms with van der Waals surface area (Å²) in [6.45, 7) is 1.89. The highest BCUT2D eigenvalue weighted by molar-refractivity contribution is 9.10. The van der Waals surface area contributed by atoms with E-state index in [2.05, 4.69) is 31.0 Å². The molecule has 1 heterocycles. The van der Waals surface area contributed by atoms with Crippen molar-refractivity contribution in [1.82, 2.24) is 9.97 Å². The van der Waals surface area contributed by atoms with Gasteiger partial charge in [-0.3, -0.25) is 5.01 Å². The van der Waals surface area contributed by atoms with Crippen LogP contribution in [0.1, 0.15) is 11.3 Å². The van der Waals surface area contributed by atoms with E-state index in [-0.39, 0.29) is 5.75 Å². The number of hydrogen-bond donors (Lipinski definition) is 1. The molecule has 3 aromatic rings. The fraction of sp³-hybridized carbons (Fsp3) is 0.105. The molecular weight excluding hydrogens is 380 g/mol. The first-order valence-electron chi connectivity index (χ1n) is 7.70. The Labute approximate surface area is 154 Å². The second-order valence-corrected chi connectivity index (χ2v) is 6.44. The first-order chi connectivity index (χ1) is 12.0. The van der Waals surface area contributed by atoms with Crippen LogP contribution in [-0.4, -0.2) is 28.3 Å². The number of halogens is 1. The number of para-hydroxylation sites is 1. The summed E-state index contributed by atoms with van der Waals surface area (Å²) in [4.78, 5) is 8.94. The number of benzene rings is 2. The van der Waals surface area contributed by atoms with Gasteiger partial charge in [-0.05, 0) is 36.8 Å². The summed E-state index contributed by atoms with van der Waals surface area (Å²) in [6.07, 6.45) is 1.77. The molecule has 3 rings (SSSR count). The second kappa shape index (κ2) is 7.44. The van der Waals surface area contributed by atoms with Gasteiger partial charge in [-0.1, -0.05) is 40.2 Å². The molecular formula is C19H17BrN4O. The Kier molecular flexibility index (Phi) is 5.09. The van der Waals surface area contributed by atoms with Crippen LogP contribution in [0.15, 0.2) is 64.2 Å². The van der Waals surface area contributed by atoms with Crippen molar-refractivity contribution < 1.29 is 5.11 Å². The maximum atomic E-state index is 10.0. The van der Waals surface area contributed by atoms with Crippen molar-refractivity contribution >= 4 is 28.0 Å². The van der Waals surface area contributed by atoms with E-state index in [1.807, 2.05) is 50.4 Å². The summed E-state index contributed by atoms with van der Waals surface area (Å²) >= 11 is 3.41. The van der Waals surface area contributed by atoms with Crippen molar-refractivity contribution in [3.05, 3.63) is 70.3 Å². The van der Waals surface area contributed by atoms with Gasteiger partial charge in [-0.15, -0.1) is 0 Å². The lowest BCUT2D eigenvalue weighted by Crippen LogP contribution is -2.12. The van der Waals surface area contributed by atoms with E-state index in [1.165, 1.54) is 0 Å². The van der Waals surface area contributed by atoms with Crippen molar-refractivity contribution in [2.24, 2.45) is 5.10 Å². The van der Waals surface area contributed by atoms with Gasteiger partial charge in [0.15, 0.2) is 11.6 Å². The third kappa shape index (κ3) is 4.22. The van der Waals surface area contributed by atoms with Crippen LogP contribution in [0.2, 0.25) is 0 Å². The molecule has 0 amide bonds. The lowest BCUT2D eigenvalue weighted by molar-refractivity contribution is 0.477. The van der Waals surface area contributed by atoms with Crippen molar-refractivity contribution in [2.45, 2.75) is 6.92 Å². The van der Waals surface area contributed by atoms with Gasteiger partial charge in [-0.25, -0.2) is 9.97 Å². The van der Waals surface area contributed by atoms with Crippen molar-refractivity contribution in [1.29, 1.82) is 0 Å². The zero-order chi connectivity index (χ0) is 17.8. The molecule has 2 aromatic carbocycles. The molecule has 5 nitrogen and oxygen atoms in total. The fourth-order valence-corrected chi connectivity index (χ4v) is 2.53. The van der Waals surface area contributed by atoms with Gasteiger partial charge < -0.3 is 5.11 Å². The minimum atomic E-state index is 0.153. The maximum absolute atomic E-state index is 10.0. The molecule has 1 N–H and O–H groups in total. The van der Waals surface area contributed by atoms with Crippen LogP contribution < -0.4 is 5.01 Å². The summed E-state index contributed by atoms with van der Waals surface area (Å²) in [6, 6.07) is 16.7. The summed E-state index contributed by atoms with van der Waals surface area (Å²) < 4.78 is 1.02. The van der Waals surface area contributed by atoms with E-state index in [0.29, 0.717) is 17.2 Å². The lowest BCUT2D eigenvalue weighted by atomic mass is 10.2. The van der Waals surface area contributed by atoms with Gasteiger partial charge in [0.25, 0.3) is 0 Å². The molecule has 0 atom stereocenters. The van der Waals surface area contributed by atoms with E-state index in [1.54, 1.807) is 29.4 Å². The average molecular weight is 397 g/mol. The molecule has 126 valence electrons.